The van der Waals surface area contributed by atoms with Crippen molar-refractivity contribution in [3.8, 4) is 45.3 Å². The zero-order valence-electron chi connectivity index (χ0n) is 27.2. The van der Waals surface area contributed by atoms with Gasteiger partial charge in [0.25, 0.3) is 0 Å². The average molecular weight is 712 g/mol. The van der Waals surface area contributed by atoms with Gasteiger partial charge in [0.05, 0.1) is 29.7 Å². The quantitative estimate of drug-likeness (QED) is 0.175. The Kier molecular flexibility index (Phi) is 9.81. The lowest BCUT2D eigenvalue weighted by Gasteiger charge is -2.18. The molecule has 50 heavy (non-hydrogen) atoms. The Labute approximate surface area is 300 Å². The van der Waals surface area contributed by atoms with E-state index in [1.54, 1.807) is 29.2 Å². The fraction of sp³-hybridized carbons (Fsp3) is 0.256. The van der Waals surface area contributed by atoms with Crippen LogP contribution in [0.3, 0.4) is 0 Å². The minimum atomic E-state index is -0.0691. The molecule has 1 amide bonds. The third-order valence-electron chi connectivity index (χ3n) is 9.22. The molecule has 4 aromatic rings. The first-order valence-electron chi connectivity index (χ1n) is 16.5. The van der Waals surface area contributed by atoms with Crippen molar-refractivity contribution in [3.05, 3.63) is 106 Å². The summed E-state index contributed by atoms with van der Waals surface area (Å²) in [5.41, 5.74) is 8.13. The molecular formula is C39H36Cl2N4O5. The van der Waals surface area contributed by atoms with E-state index in [4.69, 9.17) is 32.7 Å². The van der Waals surface area contributed by atoms with E-state index in [2.05, 4.69) is 34.0 Å². The Morgan fingerprint density at radius 1 is 0.800 bits per heavy atom. The fourth-order valence-corrected chi connectivity index (χ4v) is 6.90. The van der Waals surface area contributed by atoms with E-state index in [1.165, 1.54) is 6.08 Å². The number of hydrogen-bond acceptors (Lipinski definition) is 8. The Hall–Kier alpha value is -4.83. The normalized spacial score (nSPS) is 18.4. The highest BCUT2D eigenvalue weighted by Crippen LogP contribution is 2.38. The van der Waals surface area contributed by atoms with Gasteiger partial charge in [-0.25, -0.2) is 0 Å². The van der Waals surface area contributed by atoms with Crippen LogP contribution in [0, 0.1) is 0 Å². The molecule has 4 aliphatic heterocycles. The van der Waals surface area contributed by atoms with Crippen LogP contribution < -0.4 is 14.8 Å². The lowest BCUT2D eigenvalue weighted by atomic mass is 9.99. The highest BCUT2D eigenvalue weighted by Gasteiger charge is 2.28. The smallest absolute Gasteiger partial charge is 0.246 e. The standard InChI is InChI=1S/C21H19ClN2O3.C18H17ClN2O2/c1-2-21(26)24-6-5-16(12-24)27-20-9-14(7-15-10-23-11-17(15)20)13-3-4-19(25)18(22)8-13;19-16-6-11(1-2-17(16)22)12-5-13-8-21-10-15(13)18(7-12)23-14-3-4-20-9-14/h2-4,7-9,11,16,25H,1,5-6,10,12H2;1-2,5-7,10,14,20,22H,3-4,8-9H2/t16-;14-/m00/s1. The predicted octanol–water partition coefficient (Wildman–Crippen LogP) is 7.20. The second kappa shape index (κ2) is 14.6. The molecule has 0 aromatic heterocycles. The maximum atomic E-state index is 11.8. The molecule has 0 unspecified atom stereocenters. The van der Waals surface area contributed by atoms with Crippen molar-refractivity contribution in [2.45, 2.75) is 38.1 Å². The summed E-state index contributed by atoms with van der Waals surface area (Å²) < 4.78 is 12.5. The number of rotatable bonds is 7. The summed E-state index contributed by atoms with van der Waals surface area (Å²) in [5.74, 6) is 1.70. The molecule has 0 saturated carbocycles. The Morgan fingerprint density at radius 2 is 1.36 bits per heavy atom. The van der Waals surface area contributed by atoms with Gasteiger partial charge in [0, 0.05) is 43.1 Å². The van der Waals surface area contributed by atoms with Gasteiger partial charge in [-0.3, -0.25) is 14.8 Å². The number of fused-ring (bicyclic) bond motifs is 2. The molecule has 0 aliphatic carbocycles. The summed E-state index contributed by atoms with van der Waals surface area (Å²) in [6.07, 6.45) is 6.99. The molecule has 256 valence electrons. The number of ether oxygens (including phenoxy) is 2. The van der Waals surface area contributed by atoms with Crippen molar-refractivity contribution in [3.63, 3.8) is 0 Å². The fourth-order valence-electron chi connectivity index (χ4n) is 6.54. The number of carbonyl (C=O) groups is 1. The third-order valence-corrected chi connectivity index (χ3v) is 9.82. The number of aliphatic imine (C=N–C) groups is 2. The highest BCUT2D eigenvalue weighted by atomic mass is 35.5. The lowest BCUT2D eigenvalue weighted by Crippen LogP contribution is -2.29. The summed E-state index contributed by atoms with van der Waals surface area (Å²) >= 11 is 12.1. The van der Waals surface area contributed by atoms with Crippen LogP contribution in [0.4, 0.5) is 0 Å². The number of hydrogen-bond donors (Lipinski definition) is 3. The highest BCUT2D eigenvalue weighted by molar-refractivity contribution is 6.32. The number of amides is 1. The van der Waals surface area contributed by atoms with E-state index in [0.29, 0.717) is 36.2 Å². The number of phenolic OH excluding ortho intramolecular Hbond substituents is 2. The summed E-state index contributed by atoms with van der Waals surface area (Å²) in [6, 6.07) is 18.6. The summed E-state index contributed by atoms with van der Waals surface area (Å²) in [4.78, 5) is 22.3. The molecule has 4 heterocycles. The Bertz CT molecular complexity index is 2020. The third kappa shape index (κ3) is 7.21. The van der Waals surface area contributed by atoms with E-state index in [-0.39, 0.29) is 29.6 Å². The van der Waals surface area contributed by atoms with Crippen molar-refractivity contribution in [2.75, 3.05) is 26.2 Å². The molecule has 2 fully saturated rings. The van der Waals surface area contributed by atoms with Crippen LogP contribution in [-0.4, -0.2) is 71.8 Å². The summed E-state index contributed by atoms with van der Waals surface area (Å²) in [7, 11) is 0. The lowest BCUT2D eigenvalue weighted by molar-refractivity contribution is -0.125. The molecule has 4 aliphatic rings. The van der Waals surface area contributed by atoms with E-state index in [9.17, 15) is 15.0 Å². The number of carbonyl (C=O) groups excluding carboxylic acids is 1. The minimum Gasteiger partial charge on any atom is -0.506 e. The van der Waals surface area contributed by atoms with Gasteiger partial charge in [0.1, 0.15) is 35.2 Å². The number of aromatic hydroxyl groups is 2. The van der Waals surface area contributed by atoms with E-state index < -0.39 is 0 Å². The summed E-state index contributed by atoms with van der Waals surface area (Å²) in [6.45, 7) is 7.91. The van der Waals surface area contributed by atoms with Gasteiger partial charge < -0.3 is 29.9 Å². The first-order chi connectivity index (χ1) is 24.2. The molecule has 2 saturated heterocycles. The number of halogens is 2. The first kappa shape index (κ1) is 33.7. The van der Waals surface area contributed by atoms with E-state index >= 15 is 0 Å². The van der Waals surface area contributed by atoms with Gasteiger partial charge >= 0.3 is 0 Å². The maximum Gasteiger partial charge on any atom is 0.246 e. The molecular weight excluding hydrogens is 675 g/mol. The van der Waals surface area contributed by atoms with Crippen molar-refractivity contribution >= 4 is 41.5 Å². The van der Waals surface area contributed by atoms with Gasteiger partial charge in [-0.1, -0.05) is 41.9 Å². The topological polar surface area (TPSA) is 116 Å². The molecule has 9 nitrogen and oxygen atoms in total. The van der Waals surface area contributed by atoms with Crippen molar-refractivity contribution < 1.29 is 24.5 Å². The van der Waals surface area contributed by atoms with Crippen molar-refractivity contribution in [1.82, 2.24) is 10.2 Å². The molecule has 0 bridgehead atoms. The molecule has 4 aromatic carbocycles. The van der Waals surface area contributed by atoms with E-state index in [0.717, 1.165) is 81.9 Å². The number of nitrogens with zero attached hydrogens (tertiary/aromatic N) is 3. The molecule has 11 heteroatoms. The van der Waals surface area contributed by atoms with Crippen LogP contribution in [0.2, 0.25) is 10.0 Å². The monoisotopic (exact) mass is 710 g/mol. The SMILES string of the molecule is C=CC(=O)N1CC[C@H](Oc2cc(-c3ccc(O)c(Cl)c3)cc3c2C=NC3)C1.Oc1ccc(-c2cc3c(c(O[C@H]4CCNC4)c2)C=NC3)cc1Cl. The van der Waals surface area contributed by atoms with Crippen molar-refractivity contribution in [2.24, 2.45) is 9.98 Å². The molecule has 8 rings (SSSR count). The zero-order chi connectivity index (χ0) is 34.8. The summed E-state index contributed by atoms with van der Waals surface area (Å²) in [5, 5.41) is 23.2. The number of likely N-dealkylation sites (tertiary alicyclic amines) is 1. The number of benzene rings is 4. The van der Waals surface area contributed by atoms with Crippen LogP contribution in [0.15, 0.2) is 83.3 Å². The first-order valence-corrected chi connectivity index (χ1v) is 17.3. The second-order valence-electron chi connectivity index (χ2n) is 12.6. The van der Waals surface area contributed by atoms with Gasteiger partial charge in [0.2, 0.25) is 5.91 Å². The van der Waals surface area contributed by atoms with Gasteiger partial charge in [-0.05, 0) is 101 Å². The van der Waals surface area contributed by atoms with Crippen LogP contribution in [0.25, 0.3) is 22.3 Å². The van der Waals surface area contributed by atoms with Gasteiger partial charge in [-0.15, -0.1) is 0 Å². The largest absolute Gasteiger partial charge is 0.506 e. The minimum absolute atomic E-state index is 0.0549. The molecule has 0 spiro atoms. The molecule has 0 radical (unpaired) electrons. The molecule has 3 N–H and O–H groups in total. The Balaban J connectivity index is 0.000000159. The zero-order valence-corrected chi connectivity index (χ0v) is 28.8. The number of phenols is 2. The van der Waals surface area contributed by atoms with Crippen molar-refractivity contribution in [1.29, 1.82) is 0 Å². The number of nitrogens with one attached hydrogen (secondary N) is 1. The van der Waals surface area contributed by atoms with Gasteiger partial charge in [0.15, 0.2) is 0 Å². The van der Waals surface area contributed by atoms with E-state index in [1.807, 2.05) is 36.7 Å². The average Bonchev–Trinajstić information content (AvgIpc) is 3.95. The predicted molar refractivity (Wildman–Crippen MR) is 197 cm³/mol. The maximum absolute atomic E-state index is 11.8. The van der Waals surface area contributed by atoms with Crippen LogP contribution in [-0.2, 0) is 17.9 Å². The van der Waals surface area contributed by atoms with Crippen LogP contribution in [0.1, 0.15) is 35.1 Å². The van der Waals surface area contributed by atoms with Crippen LogP contribution in [0.5, 0.6) is 23.0 Å². The second-order valence-corrected chi connectivity index (χ2v) is 13.4. The molecule has 2 atom stereocenters. The van der Waals surface area contributed by atoms with Gasteiger partial charge in [-0.2, -0.15) is 0 Å². The van der Waals surface area contributed by atoms with Crippen LogP contribution >= 0.6 is 23.2 Å². The Morgan fingerprint density at radius 3 is 1.86 bits per heavy atom.